The minimum absolute atomic E-state index is 0.0256. The summed E-state index contributed by atoms with van der Waals surface area (Å²) in [5.41, 5.74) is 2.15. The Balaban J connectivity index is 1.46. The third-order valence-corrected chi connectivity index (χ3v) is 5.84. The lowest BCUT2D eigenvalue weighted by Gasteiger charge is -2.26. The first-order chi connectivity index (χ1) is 16.1. The van der Waals surface area contributed by atoms with Gasteiger partial charge in [-0.05, 0) is 30.7 Å². The maximum Gasteiger partial charge on any atom is 0.162 e. The molecule has 0 spiro atoms. The highest BCUT2D eigenvalue weighted by Crippen LogP contribution is 2.35. The number of benzene rings is 2. The smallest absolute Gasteiger partial charge is 0.162 e. The highest BCUT2D eigenvalue weighted by atomic mass is 35.5. The van der Waals surface area contributed by atoms with Gasteiger partial charge in [0, 0.05) is 49.6 Å². The van der Waals surface area contributed by atoms with E-state index in [2.05, 4.69) is 25.3 Å². The fourth-order valence-electron chi connectivity index (χ4n) is 3.75. The van der Waals surface area contributed by atoms with Gasteiger partial charge in [-0.15, -0.1) is 0 Å². The molecular formula is C23H25ClFN5O3. The van der Waals surface area contributed by atoms with Crippen LogP contribution in [0.25, 0.3) is 10.9 Å². The van der Waals surface area contributed by atoms with E-state index >= 15 is 0 Å². The molecule has 3 aromatic rings. The lowest BCUT2D eigenvalue weighted by Crippen LogP contribution is -2.35. The summed E-state index contributed by atoms with van der Waals surface area (Å²) in [6.07, 6.45) is 3.88. The van der Waals surface area contributed by atoms with Crippen molar-refractivity contribution in [2.24, 2.45) is 5.16 Å². The summed E-state index contributed by atoms with van der Waals surface area (Å²) < 4.78 is 25.0. The Bertz CT molecular complexity index is 1150. The number of nitrogens with zero attached hydrogens (tertiary/aromatic N) is 4. The van der Waals surface area contributed by atoms with Crippen LogP contribution in [0.5, 0.6) is 11.5 Å². The molecule has 2 heterocycles. The average Bonchev–Trinajstić information content (AvgIpc) is 2.84. The number of piperidine rings is 1. The van der Waals surface area contributed by atoms with Crippen molar-refractivity contribution < 1.29 is 19.1 Å². The summed E-state index contributed by atoms with van der Waals surface area (Å²) in [4.78, 5) is 11.0. The van der Waals surface area contributed by atoms with E-state index in [0.717, 1.165) is 50.0 Å². The number of nitrogens with one attached hydrogen (secondary N) is 1. The average molecular weight is 474 g/mol. The van der Waals surface area contributed by atoms with Crippen molar-refractivity contribution in [3.63, 3.8) is 0 Å². The van der Waals surface area contributed by atoms with Crippen LogP contribution in [0, 0.1) is 5.82 Å². The van der Waals surface area contributed by atoms with E-state index in [1.165, 1.54) is 18.5 Å². The number of likely N-dealkylation sites (tertiary alicyclic amines) is 1. The number of methoxy groups -OCH3 is 1. The second-order valence-corrected chi connectivity index (χ2v) is 8.11. The van der Waals surface area contributed by atoms with E-state index in [1.54, 1.807) is 19.2 Å². The maximum atomic E-state index is 13.5. The number of fused-ring (bicyclic) bond motifs is 1. The van der Waals surface area contributed by atoms with Crippen molar-refractivity contribution >= 4 is 39.7 Å². The Labute approximate surface area is 196 Å². The second kappa shape index (κ2) is 10.6. The first-order valence-electron chi connectivity index (χ1n) is 10.7. The number of hydrogen-bond donors (Lipinski definition) is 2. The zero-order valence-corrected chi connectivity index (χ0v) is 19.0. The van der Waals surface area contributed by atoms with Crippen LogP contribution in [0.15, 0.2) is 41.8 Å². The van der Waals surface area contributed by atoms with E-state index < -0.39 is 5.82 Å². The van der Waals surface area contributed by atoms with E-state index in [0.29, 0.717) is 35.1 Å². The molecule has 0 saturated carbocycles. The topological polar surface area (TPSA) is 92.1 Å². The van der Waals surface area contributed by atoms with Gasteiger partial charge >= 0.3 is 0 Å². The Morgan fingerprint density at radius 1 is 1.18 bits per heavy atom. The molecule has 1 aliphatic rings. The standard InChI is InChI=1S/C23H25ClFN5O3/c1-32-21-13-20-17(23(27-14-26-20)28-16-3-4-19(25)18(24)11-16)12-22(21)33-10-2-7-30-8-5-15(29-31)6-9-30/h3-4,11-14,31H,2,5-10H2,1H3,(H,26,27,28). The highest BCUT2D eigenvalue weighted by Gasteiger charge is 2.16. The largest absolute Gasteiger partial charge is 0.493 e. The van der Waals surface area contributed by atoms with Crippen LogP contribution in [0.1, 0.15) is 19.3 Å². The third-order valence-electron chi connectivity index (χ3n) is 5.55. The molecule has 0 bridgehead atoms. The molecule has 8 nitrogen and oxygen atoms in total. The fraction of sp³-hybridized carbons (Fsp3) is 0.348. The van der Waals surface area contributed by atoms with E-state index in [4.69, 9.17) is 26.3 Å². The van der Waals surface area contributed by atoms with Crippen molar-refractivity contribution in [2.75, 3.05) is 38.7 Å². The van der Waals surface area contributed by atoms with Crippen LogP contribution in [-0.4, -0.2) is 59.1 Å². The van der Waals surface area contributed by atoms with Crippen molar-refractivity contribution in [3.8, 4) is 11.5 Å². The summed E-state index contributed by atoms with van der Waals surface area (Å²) in [7, 11) is 1.59. The molecule has 2 N–H and O–H groups in total. The predicted octanol–water partition coefficient (Wildman–Crippen LogP) is 4.87. The molecular weight excluding hydrogens is 449 g/mol. The Morgan fingerprint density at radius 2 is 2.00 bits per heavy atom. The van der Waals surface area contributed by atoms with Gasteiger partial charge in [0.05, 0.1) is 30.0 Å². The number of aromatic nitrogens is 2. The quantitative estimate of drug-likeness (QED) is 0.274. The normalized spacial score (nSPS) is 14.3. The number of anilines is 2. The first-order valence-corrected chi connectivity index (χ1v) is 11.0. The van der Waals surface area contributed by atoms with Gasteiger partial charge in [0.25, 0.3) is 0 Å². The maximum absolute atomic E-state index is 13.5. The van der Waals surface area contributed by atoms with Gasteiger partial charge < -0.3 is 24.9 Å². The van der Waals surface area contributed by atoms with Crippen LogP contribution in [0.4, 0.5) is 15.9 Å². The number of oxime groups is 1. The van der Waals surface area contributed by atoms with Gasteiger partial charge in [-0.25, -0.2) is 14.4 Å². The number of rotatable bonds is 8. The lowest BCUT2D eigenvalue weighted by atomic mass is 10.1. The van der Waals surface area contributed by atoms with Crippen LogP contribution >= 0.6 is 11.6 Å². The summed E-state index contributed by atoms with van der Waals surface area (Å²) in [6.45, 7) is 3.19. The Morgan fingerprint density at radius 3 is 2.73 bits per heavy atom. The highest BCUT2D eigenvalue weighted by molar-refractivity contribution is 6.31. The number of hydrogen-bond acceptors (Lipinski definition) is 8. The molecule has 0 radical (unpaired) electrons. The first kappa shape index (κ1) is 23.0. The molecule has 174 valence electrons. The van der Waals surface area contributed by atoms with Gasteiger partial charge in [0.1, 0.15) is 18.0 Å². The fourth-order valence-corrected chi connectivity index (χ4v) is 3.93. The van der Waals surface area contributed by atoms with E-state index in [9.17, 15) is 4.39 Å². The summed E-state index contributed by atoms with van der Waals surface area (Å²) in [5, 5.41) is 16.1. The molecule has 2 aromatic carbocycles. The van der Waals surface area contributed by atoms with E-state index in [1.807, 2.05) is 6.07 Å². The molecule has 0 unspecified atom stereocenters. The summed E-state index contributed by atoms with van der Waals surface area (Å²) >= 11 is 5.90. The van der Waals surface area contributed by atoms with Crippen LogP contribution < -0.4 is 14.8 Å². The van der Waals surface area contributed by atoms with Crippen LogP contribution in [0.3, 0.4) is 0 Å². The van der Waals surface area contributed by atoms with Crippen LogP contribution in [0.2, 0.25) is 5.02 Å². The molecule has 33 heavy (non-hydrogen) atoms. The summed E-state index contributed by atoms with van der Waals surface area (Å²) in [6, 6.07) is 8.03. The molecule has 0 aliphatic carbocycles. The van der Waals surface area contributed by atoms with Crippen LogP contribution in [-0.2, 0) is 0 Å². The van der Waals surface area contributed by atoms with Crippen molar-refractivity contribution in [3.05, 3.63) is 47.5 Å². The second-order valence-electron chi connectivity index (χ2n) is 7.71. The van der Waals surface area contributed by atoms with Gasteiger partial charge in [-0.1, -0.05) is 16.8 Å². The number of ether oxygens (including phenoxy) is 2. The van der Waals surface area contributed by atoms with Gasteiger partial charge in [0.2, 0.25) is 0 Å². The summed E-state index contributed by atoms with van der Waals surface area (Å²) in [5.74, 6) is 1.23. The minimum Gasteiger partial charge on any atom is -0.493 e. The molecule has 1 saturated heterocycles. The predicted molar refractivity (Wildman–Crippen MR) is 126 cm³/mol. The van der Waals surface area contributed by atoms with Gasteiger partial charge in [-0.2, -0.15) is 0 Å². The van der Waals surface area contributed by atoms with Crippen molar-refractivity contribution in [2.45, 2.75) is 19.3 Å². The Hall–Kier alpha value is -3.17. The molecule has 1 fully saturated rings. The molecule has 1 aromatic heterocycles. The molecule has 1 aliphatic heterocycles. The minimum atomic E-state index is -0.485. The zero-order chi connectivity index (χ0) is 23.2. The molecule has 10 heteroatoms. The SMILES string of the molecule is COc1cc2ncnc(Nc3ccc(F)c(Cl)c3)c2cc1OCCCN1CCC(=NO)CC1. The Kier molecular flexibility index (Phi) is 7.41. The monoisotopic (exact) mass is 473 g/mol. The van der Waals surface area contributed by atoms with Crippen molar-refractivity contribution in [1.29, 1.82) is 0 Å². The van der Waals surface area contributed by atoms with Gasteiger partial charge in [-0.3, -0.25) is 0 Å². The third kappa shape index (κ3) is 5.61. The number of halogens is 2. The van der Waals surface area contributed by atoms with Gasteiger partial charge in [0.15, 0.2) is 11.5 Å². The zero-order valence-electron chi connectivity index (χ0n) is 18.2. The lowest BCUT2D eigenvalue weighted by molar-refractivity contribution is 0.226. The van der Waals surface area contributed by atoms with Crippen molar-refractivity contribution in [1.82, 2.24) is 14.9 Å². The molecule has 0 atom stereocenters. The van der Waals surface area contributed by atoms with E-state index in [-0.39, 0.29) is 5.02 Å². The molecule has 0 amide bonds. The molecule has 4 rings (SSSR count).